The third kappa shape index (κ3) is 3.53. The first kappa shape index (κ1) is 16.8. The van der Waals surface area contributed by atoms with E-state index in [4.69, 9.17) is 4.74 Å². The fourth-order valence-electron chi connectivity index (χ4n) is 2.67. The van der Waals surface area contributed by atoms with Gasteiger partial charge in [-0.25, -0.2) is 0 Å². The summed E-state index contributed by atoms with van der Waals surface area (Å²) in [6.45, 7) is 3.71. The van der Waals surface area contributed by atoms with E-state index in [1.807, 2.05) is 19.9 Å². The summed E-state index contributed by atoms with van der Waals surface area (Å²) in [5, 5.41) is 10.1. The van der Waals surface area contributed by atoms with Crippen LogP contribution < -0.4 is 4.74 Å². The average molecular weight is 352 g/mol. The Hall–Kier alpha value is -2.08. The number of aromatic hydroxyl groups is 1. The smallest absolute Gasteiger partial charge is 0.446 e. The molecule has 6 heteroatoms. The maximum absolute atomic E-state index is 12.7. The van der Waals surface area contributed by atoms with E-state index in [9.17, 15) is 18.3 Å². The van der Waals surface area contributed by atoms with Crippen molar-refractivity contribution < 1.29 is 23.0 Å². The Balaban J connectivity index is 2.14. The second kappa shape index (κ2) is 5.77. The third-order valence-electron chi connectivity index (χ3n) is 3.53. The van der Waals surface area contributed by atoms with Crippen LogP contribution in [-0.4, -0.2) is 16.2 Å². The monoisotopic (exact) mass is 352 g/mol. The molecule has 2 aromatic rings. The predicted octanol–water partition coefficient (Wildman–Crippen LogP) is 5.61. The fraction of sp³-hybridized carbons (Fsp3) is 0.222. The lowest BCUT2D eigenvalue weighted by atomic mass is 9.89. The minimum absolute atomic E-state index is 0.0706. The Morgan fingerprint density at radius 2 is 1.75 bits per heavy atom. The molecule has 0 bridgehead atoms. The molecule has 2 nitrogen and oxygen atoms in total. The number of para-hydroxylation sites is 1. The van der Waals surface area contributed by atoms with Gasteiger partial charge in [-0.15, -0.1) is 0 Å². The Morgan fingerprint density at radius 1 is 1.04 bits per heavy atom. The van der Waals surface area contributed by atoms with Crippen LogP contribution in [0.25, 0.3) is 5.57 Å². The van der Waals surface area contributed by atoms with Gasteiger partial charge in [-0.1, -0.05) is 18.2 Å². The second-order valence-corrected chi connectivity index (χ2v) is 7.12. The highest BCUT2D eigenvalue weighted by Gasteiger charge is 2.32. The highest BCUT2D eigenvalue weighted by molar-refractivity contribution is 8.00. The van der Waals surface area contributed by atoms with Gasteiger partial charge in [-0.3, -0.25) is 0 Å². The van der Waals surface area contributed by atoms with E-state index in [0.717, 1.165) is 0 Å². The van der Waals surface area contributed by atoms with Gasteiger partial charge in [0, 0.05) is 16.0 Å². The average Bonchev–Trinajstić information content (AvgIpc) is 2.45. The molecule has 0 aromatic heterocycles. The number of ether oxygens (including phenoxy) is 1. The first-order valence-electron chi connectivity index (χ1n) is 7.25. The number of benzene rings is 2. The predicted molar refractivity (Wildman–Crippen MR) is 88.2 cm³/mol. The molecule has 0 unspecified atom stereocenters. The molecule has 1 heterocycles. The number of phenols is 1. The summed E-state index contributed by atoms with van der Waals surface area (Å²) < 4.78 is 43.8. The molecular weight excluding hydrogens is 337 g/mol. The maximum atomic E-state index is 12.7. The van der Waals surface area contributed by atoms with Gasteiger partial charge in [0.25, 0.3) is 0 Å². The van der Waals surface area contributed by atoms with Crippen LogP contribution in [0.2, 0.25) is 0 Å². The molecule has 1 aliphatic rings. The van der Waals surface area contributed by atoms with Crippen molar-refractivity contribution in [2.75, 3.05) is 0 Å². The molecular formula is C18H15F3O2S. The Kier molecular flexibility index (Phi) is 4.03. The summed E-state index contributed by atoms with van der Waals surface area (Å²) in [6.07, 6.45) is 1.81. The van der Waals surface area contributed by atoms with Gasteiger partial charge in [-0.2, -0.15) is 13.2 Å². The molecule has 0 aliphatic carbocycles. The largest absolute Gasteiger partial charge is 0.507 e. The zero-order valence-electron chi connectivity index (χ0n) is 13.0. The minimum Gasteiger partial charge on any atom is -0.507 e. The number of phenolic OH excluding ortho intramolecular Hbond substituents is 1. The Bertz CT molecular complexity index is 810. The summed E-state index contributed by atoms with van der Waals surface area (Å²) in [7, 11) is 0. The highest BCUT2D eigenvalue weighted by Crippen LogP contribution is 2.45. The highest BCUT2D eigenvalue weighted by atomic mass is 32.2. The second-order valence-electron chi connectivity index (χ2n) is 5.99. The number of rotatable bonds is 2. The van der Waals surface area contributed by atoms with Crippen molar-refractivity contribution in [1.29, 1.82) is 0 Å². The summed E-state index contributed by atoms with van der Waals surface area (Å²) >= 11 is -0.170. The van der Waals surface area contributed by atoms with Crippen LogP contribution in [-0.2, 0) is 0 Å². The molecule has 3 rings (SSSR count). The number of hydrogen-bond acceptors (Lipinski definition) is 3. The zero-order valence-corrected chi connectivity index (χ0v) is 13.8. The number of fused-ring (bicyclic) bond motifs is 1. The molecule has 2 aromatic carbocycles. The number of hydrogen-bond donors (Lipinski definition) is 1. The van der Waals surface area contributed by atoms with Crippen LogP contribution in [0, 0.1) is 0 Å². The van der Waals surface area contributed by atoms with Gasteiger partial charge in [-0.05, 0) is 61.5 Å². The van der Waals surface area contributed by atoms with E-state index < -0.39 is 11.1 Å². The van der Waals surface area contributed by atoms with Crippen molar-refractivity contribution in [3.8, 4) is 11.5 Å². The molecule has 0 atom stereocenters. The van der Waals surface area contributed by atoms with Gasteiger partial charge in [0.1, 0.15) is 17.1 Å². The summed E-state index contributed by atoms with van der Waals surface area (Å²) in [5.41, 5.74) is -3.25. The van der Waals surface area contributed by atoms with Gasteiger partial charge < -0.3 is 9.84 Å². The zero-order chi connectivity index (χ0) is 17.5. The quantitative estimate of drug-likeness (QED) is 0.713. The Labute approximate surface area is 142 Å². The third-order valence-corrected chi connectivity index (χ3v) is 4.26. The van der Waals surface area contributed by atoms with Crippen LogP contribution in [0.3, 0.4) is 0 Å². The van der Waals surface area contributed by atoms with Gasteiger partial charge in [0.15, 0.2) is 0 Å². The van der Waals surface area contributed by atoms with Crippen molar-refractivity contribution in [2.45, 2.75) is 29.9 Å². The van der Waals surface area contributed by atoms with Crippen molar-refractivity contribution in [3.63, 3.8) is 0 Å². The summed E-state index contributed by atoms with van der Waals surface area (Å²) in [5.74, 6) is 0.563. The molecule has 1 N–H and O–H groups in total. The molecule has 1 aliphatic heterocycles. The van der Waals surface area contributed by atoms with Crippen LogP contribution in [0.1, 0.15) is 25.0 Å². The normalized spacial score (nSPS) is 16.1. The molecule has 0 spiro atoms. The molecule has 0 radical (unpaired) electrons. The van der Waals surface area contributed by atoms with E-state index in [1.165, 1.54) is 18.2 Å². The first-order valence-corrected chi connectivity index (χ1v) is 8.07. The molecule has 0 saturated carbocycles. The first-order chi connectivity index (χ1) is 11.1. The van der Waals surface area contributed by atoms with Crippen molar-refractivity contribution in [3.05, 3.63) is 59.7 Å². The van der Waals surface area contributed by atoms with E-state index in [-0.39, 0.29) is 22.4 Å². The molecule has 24 heavy (non-hydrogen) atoms. The topological polar surface area (TPSA) is 29.5 Å². The molecule has 0 fully saturated rings. The number of halogens is 3. The Morgan fingerprint density at radius 3 is 2.42 bits per heavy atom. The lowest BCUT2D eigenvalue weighted by molar-refractivity contribution is -0.0328. The van der Waals surface area contributed by atoms with Crippen molar-refractivity contribution >= 4 is 17.3 Å². The molecule has 126 valence electrons. The van der Waals surface area contributed by atoms with Crippen molar-refractivity contribution in [2.24, 2.45) is 0 Å². The summed E-state index contributed by atoms with van der Waals surface area (Å²) in [4.78, 5) is 0.0749. The van der Waals surface area contributed by atoms with Crippen molar-refractivity contribution in [1.82, 2.24) is 0 Å². The van der Waals surface area contributed by atoms with Gasteiger partial charge in [0.2, 0.25) is 0 Å². The van der Waals surface area contributed by atoms with E-state index >= 15 is 0 Å². The lowest BCUT2D eigenvalue weighted by Crippen LogP contribution is -2.29. The maximum Gasteiger partial charge on any atom is 0.446 e. The van der Waals surface area contributed by atoms with E-state index in [1.54, 1.807) is 24.3 Å². The fourth-order valence-corrected chi connectivity index (χ4v) is 3.25. The van der Waals surface area contributed by atoms with Crippen LogP contribution in [0.4, 0.5) is 13.2 Å². The number of thioether (sulfide) groups is 1. The molecule has 0 saturated heterocycles. The number of alkyl halides is 3. The van der Waals surface area contributed by atoms with Gasteiger partial charge in [0.05, 0.1) is 0 Å². The minimum atomic E-state index is -4.36. The SMILES string of the molecule is CC1(C)C=C(c2ccccc2O)c2cc(SC(F)(F)F)ccc2O1. The lowest BCUT2D eigenvalue weighted by Gasteiger charge is -2.31. The van der Waals surface area contributed by atoms with E-state index in [2.05, 4.69) is 0 Å². The van der Waals surface area contributed by atoms with Crippen LogP contribution >= 0.6 is 11.8 Å². The standard InChI is InChI=1S/C18H15F3O2S/c1-17(2)10-14(12-5-3-4-6-15(12)22)13-9-11(24-18(19,20)21)7-8-16(13)23-17/h3-10,22H,1-2H3. The van der Waals surface area contributed by atoms with Gasteiger partial charge >= 0.3 is 5.51 Å². The van der Waals surface area contributed by atoms with Crippen LogP contribution in [0.15, 0.2) is 53.4 Å². The van der Waals surface area contributed by atoms with Crippen LogP contribution in [0.5, 0.6) is 11.5 Å². The van der Waals surface area contributed by atoms with E-state index in [0.29, 0.717) is 22.4 Å². The molecule has 0 amide bonds. The summed E-state index contributed by atoms with van der Waals surface area (Å²) in [6, 6.07) is 11.1.